The molecule has 1 unspecified atom stereocenters. The molecule has 18 nitrogen and oxygen atoms in total. The number of allylic oxidation sites excluding steroid dienone is 3. The van der Waals surface area contributed by atoms with Crippen LogP contribution in [0, 0.1) is 34.0 Å². The van der Waals surface area contributed by atoms with Crippen molar-refractivity contribution < 1.29 is 86.1 Å². The normalized spacial score (nSPS) is 33.2. The summed E-state index contributed by atoms with van der Waals surface area (Å²) in [6, 6.07) is -1.27. The van der Waals surface area contributed by atoms with Crippen LogP contribution in [0.4, 0.5) is 0 Å². The zero-order valence-electron chi connectivity index (χ0n) is 36.2. The van der Waals surface area contributed by atoms with Crippen LogP contribution in [0.15, 0.2) is 49.2 Å². The summed E-state index contributed by atoms with van der Waals surface area (Å²) < 4.78 is 0. The molecular weight excluding hydrogens is 867 g/mol. The number of rotatable bonds is 18. The van der Waals surface area contributed by atoms with Crippen molar-refractivity contribution in [1.29, 1.82) is 0 Å². The van der Waals surface area contributed by atoms with Crippen molar-refractivity contribution in [2.75, 3.05) is 0 Å². The molecule has 63 heavy (non-hydrogen) atoms. The van der Waals surface area contributed by atoms with Gasteiger partial charge in [-0.2, -0.15) is 5.70 Å². The average molecular weight is 918 g/mol. The molecule has 0 amide bonds. The Kier molecular flexibility index (Phi) is 14.5. The van der Waals surface area contributed by atoms with Crippen molar-refractivity contribution >= 4 is 58.9 Å². The number of carbonyl (C=O) groups excluding carboxylic acids is 7. The maximum Gasteiger partial charge on any atom is 2.00 e. The summed E-state index contributed by atoms with van der Waals surface area (Å²) in [7, 11) is 0. The second kappa shape index (κ2) is 18.1. The molecule has 0 fully saturated rings. The number of carbonyl (C=O) groups is 7. The molecule has 5 aliphatic heterocycles. The summed E-state index contributed by atoms with van der Waals surface area (Å²) in [4.78, 5) is 102. The van der Waals surface area contributed by atoms with Crippen molar-refractivity contribution in [2.45, 2.75) is 143 Å². The molecule has 0 saturated carbocycles. The molecule has 0 aliphatic carbocycles. The molecule has 0 saturated heterocycles. The third kappa shape index (κ3) is 9.26. The fourth-order valence-corrected chi connectivity index (χ4v) is 11.1. The van der Waals surface area contributed by atoms with Crippen molar-refractivity contribution in [2.24, 2.45) is 49.0 Å². The molecule has 8 bridgehead atoms. The van der Waals surface area contributed by atoms with E-state index in [1.54, 1.807) is 34.6 Å². The second-order valence-corrected chi connectivity index (χ2v) is 18.5. The number of carboxylic acid groups (broad SMARTS) is 7. The van der Waals surface area contributed by atoms with Crippen LogP contribution in [0.1, 0.15) is 126 Å². The SMILES string of the molecule is CC1=C(CCC(=O)[O-])C2=N[C@@]1(C)CC1=C(CCC(=O)[O-])[C@](C)(CC(=O)[O-])C(=CC3=N[C@@](C)([C@@H]4N=C(C2C)[C@](C)(CCC(=O)[O-])[C@H]4CC(=O)[O-])[C@@](C)(CC(=O)[O-])[C@@H]3CCC(=O)[O-])[N-]1.[Co+2]. The van der Waals surface area contributed by atoms with Crippen LogP contribution < -0.4 is 35.7 Å². The van der Waals surface area contributed by atoms with Gasteiger partial charge in [-0.3, -0.25) is 15.0 Å². The molecule has 5 rings (SSSR count). The van der Waals surface area contributed by atoms with Crippen LogP contribution in [0.25, 0.3) is 5.32 Å². The first-order chi connectivity index (χ1) is 28.6. The van der Waals surface area contributed by atoms with Crippen molar-refractivity contribution in [3.8, 4) is 0 Å². The molecule has 345 valence electrons. The minimum Gasteiger partial charge on any atom is -0.664 e. The Bertz CT molecular complexity index is 2190. The summed E-state index contributed by atoms with van der Waals surface area (Å²) in [6.45, 7) is 11.4. The van der Waals surface area contributed by atoms with E-state index in [1.807, 2.05) is 0 Å². The van der Waals surface area contributed by atoms with Gasteiger partial charge in [-0.05, 0) is 120 Å². The number of aliphatic imine (C=N–C) groups is 3. The first-order valence-corrected chi connectivity index (χ1v) is 20.7. The van der Waals surface area contributed by atoms with Gasteiger partial charge in [0.15, 0.2) is 0 Å². The standard InChI is InChI=1S/C44H58N4O14.Co/c1-21-37-23(8-11-30(49)50)22(2)43(6,48-37)18-28-24(9-12-31(51)52)41(4,19-35(59)60)29(45-28)17-27-25(10-13-32(53)54)42(5,20-36(61)62)44(7,47-27)39-26(16-34(57)58)40(3,38(21)46-39)15-14-33(55)56;/h17,21,25-26,39H,8-16,18-20H2,1-7H3,(H8,45,47,49,50,51,52,53,54,55,56,57,58,59,60,61,62);/q;+2/p-8/t21?,25-,26+,39-,40-,41+,42+,43+,44+;/m1./s1. The Labute approximate surface area is 375 Å². The fraction of sp³-hybridized carbons (Fsp3) is 0.636. The third-order valence-electron chi connectivity index (χ3n) is 14.7. The summed E-state index contributed by atoms with van der Waals surface area (Å²) in [5.41, 5.74) is -5.27. The average Bonchev–Trinajstić information content (AvgIpc) is 3.72. The van der Waals surface area contributed by atoms with E-state index in [1.165, 1.54) is 19.9 Å². The topological polar surface area (TPSA) is 332 Å². The van der Waals surface area contributed by atoms with Crippen molar-refractivity contribution in [1.82, 2.24) is 0 Å². The smallest absolute Gasteiger partial charge is 0.664 e. The monoisotopic (exact) mass is 917 g/mol. The first-order valence-electron chi connectivity index (χ1n) is 20.7. The van der Waals surface area contributed by atoms with E-state index < -0.39 is 138 Å². The predicted molar refractivity (Wildman–Crippen MR) is 205 cm³/mol. The number of hydrogen-bond donors (Lipinski definition) is 0. The van der Waals surface area contributed by atoms with E-state index in [9.17, 15) is 69.3 Å². The molecule has 9 atom stereocenters. The zero-order chi connectivity index (χ0) is 46.5. The number of nitrogens with zero attached hydrogens (tertiary/aromatic N) is 4. The van der Waals surface area contributed by atoms with Gasteiger partial charge >= 0.3 is 16.8 Å². The Morgan fingerprint density at radius 3 is 1.86 bits per heavy atom. The molecule has 0 spiro atoms. The van der Waals surface area contributed by atoms with Gasteiger partial charge < -0.3 is 74.6 Å². The number of hydrogen-bond acceptors (Lipinski definition) is 17. The summed E-state index contributed by atoms with van der Waals surface area (Å²) in [5.74, 6) is -13.5. The van der Waals surface area contributed by atoms with Crippen LogP contribution in [0.5, 0.6) is 0 Å². The van der Waals surface area contributed by atoms with Gasteiger partial charge in [0.2, 0.25) is 0 Å². The van der Waals surface area contributed by atoms with E-state index >= 15 is 0 Å². The van der Waals surface area contributed by atoms with Crippen LogP contribution in [-0.4, -0.2) is 76.0 Å². The minimum atomic E-state index is -1.76. The zero-order valence-corrected chi connectivity index (χ0v) is 37.3. The van der Waals surface area contributed by atoms with Crippen LogP contribution in [-0.2, 0) is 50.3 Å². The molecule has 0 N–H and O–H groups in total. The fourth-order valence-electron chi connectivity index (χ4n) is 11.1. The predicted octanol–water partition coefficient (Wildman–Crippen LogP) is -3.09. The van der Waals surface area contributed by atoms with E-state index in [2.05, 4.69) is 0 Å². The number of aliphatic carboxylic acids is 7. The first kappa shape index (κ1) is 50.5. The molecule has 1 radical (unpaired) electrons. The molecule has 5 aliphatic rings. The quantitative estimate of drug-likeness (QED) is 0.132. The summed E-state index contributed by atoms with van der Waals surface area (Å²) >= 11 is 0. The Hall–Kier alpha value is -5.17. The van der Waals surface area contributed by atoms with Gasteiger partial charge in [0.25, 0.3) is 0 Å². The molecular formula is C44H50CoN4O14-6. The largest absolute Gasteiger partial charge is 2.00 e. The van der Waals surface area contributed by atoms with Gasteiger partial charge in [0.05, 0.1) is 17.1 Å². The molecule has 0 aromatic carbocycles. The molecule has 5 heterocycles. The molecule has 0 aromatic heterocycles. The summed E-state index contributed by atoms with van der Waals surface area (Å²) in [5, 5.41) is 91.2. The van der Waals surface area contributed by atoms with Crippen LogP contribution >= 0.6 is 0 Å². The Morgan fingerprint density at radius 1 is 0.746 bits per heavy atom. The van der Waals surface area contributed by atoms with Gasteiger partial charge in [0.1, 0.15) is 0 Å². The van der Waals surface area contributed by atoms with E-state index in [4.69, 9.17) is 20.3 Å². The Morgan fingerprint density at radius 2 is 1.32 bits per heavy atom. The van der Waals surface area contributed by atoms with Crippen molar-refractivity contribution in [3.05, 3.63) is 39.5 Å². The van der Waals surface area contributed by atoms with E-state index in [0.29, 0.717) is 22.4 Å². The summed E-state index contributed by atoms with van der Waals surface area (Å²) in [6.07, 6.45) is -3.78. The van der Waals surface area contributed by atoms with Crippen molar-refractivity contribution in [3.63, 3.8) is 0 Å². The number of carboxylic acids is 7. The number of fused-ring (bicyclic) bond motifs is 6. The van der Waals surface area contributed by atoms with Crippen LogP contribution in [0.2, 0.25) is 0 Å². The van der Waals surface area contributed by atoms with Gasteiger partial charge in [-0.15, -0.1) is 5.70 Å². The third-order valence-corrected chi connectivity index (χ3v) is 14.7. The molecule has 0 aromatic rings. The van der Waals surface area contributed by atoms with E-state index in [-0.39, 0.29) is 71.7 Å². The minimum absolute atomic E-state index is 0. The maximum absolute atomic E-state index is 12.8. The van der Waals surface area contributed by atoms with Gasteiger partial charge in [0, 0.05) is 81.6 Å². The Balaban J connectivity index is 0.00000871. The van der Waals surface area contributed by atoms with Gasteiger partial charge in [-0.1, -0.05) is 39.3 Å². The van der Waals surface area contributed by atoms with E-state index in [0.717, 1.165) is 0 Å². The molecule has 19 heteroatoms. The van der Waals surface area contributed by atoms with Crippen LogP contribution in [0.3, 0.4) is 0 Å². The second-order valence-electron chi connectivity index (χ2n) is 18.5. The maximum atomic E-state index is 12.8. The van der Waals surface area contributed by atoms with Gasteiger partial charge in [-0.25, -0.2) is 0 Å².